The van der Waals surface area contributed by atoms with Crippen molar-refractivity contribution in [3.05, 3.63) is 53.1 Å². The number of hydrogen-bond donors (Lipinski definition) is 1. The zero-order valence-corrected chi connectivity index (χ0v) is 12.4. The maximum atomic E-state index is 13.1. The van der Waals surface area contributed by atoms with E-state index >= 15 is 0 Å². The molecule has 0 fully saturated rings. The van der Waals surface area contributed by atoms with Crippen molar-refractivity contribution in [1.82, 2.24) is 0 Å². The molecule has 0 unspecified atom stereocenters. The molecule has 2 aromatic carbocycles. The molecule has 0 atom stereocenters. The van der Waals surface area contributed by atoms with E-state index in [1.807, 2.05) is 0 Å². The number of rotatable bonds is 2. The van der Waals surface area contributed by atoms with E-state index in [2.05, 4.69) is 4.74 Å². The van der Waals surface area contributed by atoms with Gasteiger partial charge in [0, 0.05) is 5.69 Å². The number of ether oxygens (including phenoxy) is 1. The van der Waals surface area contributed by atoms with Crippen molar-refractivity contribution in [3.8, 4) is 11.5 Å². The van der Waals surface area contributed by atoms with Crippen LogP contribution in [0.5, 0.6) is 11.5 Å². The lowest BCUT2D eigenvalue weighted by Gasteiger charge is -2.20. The van der Waals surface area contributed by atoms with Crippen LogP contribution in [0.2, 0.25) is 0 Å². The maximum Gasteiger partial charge on any atom is 0.420 e. The molecular formula is C15H8F9NO. The fourth-order valence-electron chi connectivity index (χ4n) is 2.04. The fourth-order valence-corrected chi connectivity index (χ4v) is 2.04. The number of nitrogens with two attached hydrogens (primary N) is 1. The second-order valence-electron chi connectivity index (χ2n) is 5.07. The van der Waals surface area contributed by atoms with E-state index in [4.69, 9.17) is 5.73 Å². The fraction of sp³-hybridized carbons (Fsp3) is 0.200. The first-order valence-corrected chi connectivity index (χ1v) is 6.62. The number of halogens is 9. The third-order valence-corrected chi connectivity index (χ3v) is 3.10. The Morgan fingerprint density at radius 2 is 1.19 bits per heavy atom. The molecule has 2 nitrogen and oxygen atoms in total. The molecule has 0 aliphatic carbocycles. The molecule has 0 aliphatic rings. The Balaban J connectivity index is 2.65. The minimum absolute atomic E-state index is 0.207. The standard InChI is InChI=1S/C15H8F9NO/c16-13(17,18)7-2-1-3-9(4-7)26-12-10(14(19,20)21)5-8(25)6-11(12)15(22,23)24/h1-6H,25H2. The van der Waals surface area contributed by atoms with Crippen LogP contribution in [-0.4, -0.2) is 0 Å². The first-order valence-electron chi connectivity index (χ1n) is 6.62. The highest BCUT2D eigenvalue weighted by Crippen LogP contribution is 2.47. The van der Waals surface area contributed by atoms with Crippen molar-refractivity contribution >= 4 is 5.69 Å². The minimum Gasteiger partial charge on any atom is -0.456 e. The smallest absolute Gasteiger partial charge is 0.420 e. The van der Waals surface area contributed by atoms with Gasteiger partial charge in [-0.05, 0) is 30.3 Å². The number of hydrogen-bond acceptors (Lipinski definition) is 2. The molecule has 0 heterocycles. The van der Waals surface area contributed by atoms with Gasteiger partial charge in [-0.3, -0.25) is 0 Å². The van der Waals surface area contributed by atoms with Crippen molar-refractivity contribution in [2.75, 3.05) is 5.73 Å². The largest absolute Gasteiger partial charge is 0.456 e. The van der Waals surface area contributed by atoms with Gasteiger partial charge in [0.05, 0.1) is 5.56 Å². The van der Waals surface area contributed by atoms with E-state index in [1.54, 1.807) is 0 Å². The van der Waals surface area contributed by atoms with Crippen LogP contribution in [0.3, 0.4) is 0 Å². The van der Waals surface area contributed by atoms with E-state index in [9.17, 15) is 39.5 Å². The van der Waals surface area contributed by atoms with Gasteiger partial charge in [-0.25, -0.2) is 0 Å². The van der Waals surface area contributed by atoms with Crippen molar-refractivity contribution < 1.29 is 44.3 Å². The third-order valence-electron chi connectivity index (χ3n) is 3.10. The van der Waals surface area contributed by atoms with Gasteiger partial charge >= 0.3 is 18.5 Å². The van der Waals surface area contributed by atoms with Gasteiger partial charge in [-0.15, -0.1) is 0 Å². The second kappa shape index (κ2) is 6.29. The molecule has 2 rings (SSSR count). The van der Waals surface area contributed by atoms with Gasteiger partial charge in [-0.2, -0.15) is 39.5 Å². The molecule has 11 heteroatoms. The minimum atomic E-state index is -5.29. The number of nitrogen functional groups attached to an aromatic ring is 1. The summed E-state index contributed by atoms with van der Waals surface area (Å²) in [5.41, 5.74) is -0.757. The topological polar surface area (TPSA) is 35.2 Å². The van der Waals surface area contributed by atoms with E-state index in [0.29, 0.717) is 6.07 Å². The van der Waals surface area contributed by atoms with Gasteiger partial charge in [0.2, 0.25) is 0 Å². The quantitative estimate of drug-likeness (QED) is 0.496. The van der Waals surface area contributed by atoms with E-state index in [1.165, 1.54) is 0 Å². The average molecular weight is 389 g/mol. The molecule has 0 saturated heterocycles. The summed E-state index contributed by atoms with van der Waals surface area (Å²) in [5, 5.41) is 0. The molecule has 2 N–H and O–H groups in total. The van der Waals surface area contributed by atoms with Crippen molar-refractivity contribution in [1.29, 1.82) is 0 Å². The van der Waals surface area contributed by atoms with Crippen molar-refractivity contribution in [2.45, 2.75) is 18.5 Å². The summed E-state index contributed by atoms with van der Waals surface area (Å²) < 4.78 is 121. The summed E-state index contributed by atoms with van der Waals surface area (Å²) in [6.45, 7) is 0. The highest BCUT2D eigenvalue weighted by Gasteiger charge is 2.43. The van der Waals surface area contributed by atoms with Crippen molar-refractivity contribution in [3.63, 3.8) is 0 Å². The normalized spacial score (nSPS) is 13.0. The molecule has 0 spiro atoms. The van der Waals surface area contributed by atoms with E-state index in [-0.39, 0.29) is 18.2 Å². The van der Waals surface area contributed by atoms with Gasteiger partial charge in [0.15, 0.2) is 5.75 Å². The van der Waals surface area contributed by atoms with Crippen LogP contribution in [-0.2, 0) is 18.5 Å². The summed E-state index contributed by atoms with van der Waals surface area (Å²) in [5.74, 6) is -2.53. The summed E-state index contributed by atoms with van der Waals surface area (Å²) in [6, 6.07) is 2.88. The Hall–Kier alpha value is -2.59. The first-order chi connectivity index (χ1) is 11.7. The van der Waals surface area contributed by atoms with Crippen LogP contribution in [0, 0.1) is 0 Å². The Morgan fingerprint density at radius 1 is 0.692 bits per heavy atom. The highest BCUT2D eigenvalue weighted by molar-refractivity contribution is 5.56. The molecule has 26 heavy (non-hydrogen) atoms. The van der Waals surface area contributed by atoms with E-state index in [0.717, 1.165) is 12.1 Å². The van der Waals surface area contributed by atoms with Crippen LogP contribution in [0.25, 0.3) is 0 Å². The SMILES string of the molecule is Nc1cc(C(F)(F)F)c(Oc2cccc(C(F)(F)F)c2)c(C(F)(F)F)c1. The van der Waals surface area contributed by atoms with Crippen molar-refractivity contribution in [2.24, 2.45) is 0 Å². The molecule has 2 aromatic rings. The van der Waals surface area contributed by atoms with Crippen LogP contribution < -0.4 is 10.5 Å². The second-order valence-corrected chi connectivity index (χ2v) is 5.07. The number of benzene rings is 2. The molecule has 0 aliphatic heterocycles. The zero-order chi connectivity index (χ0) is 19.9. The van der Waals surface area contributed by atoms with Crippen LogP contribution >= 0.6 is 0 Å². The first kappa shape index (κ1) is 19.7. The molecule has 0 saturated carbocycles. The molecule has 0 aromatic heterocycles. The van der Waals surface area contributed by atoms with Gasteiger partial charge < -0.3 is 10.5 Å². The van der Waals surface area contributed by atoms with Crippen LogP contribution in [0.15, 0.2) is 36.4 Å². The lowest BCUT2D eigenvalue weighted by atomic mass is 10.1. The predicted molar refractivity (Wildman–Crippen MR) is 72.4 cm³/mol. The van der Waals surface area contributed by atoms with Gasteiger partial charge in [-0.1, -0.05) is 6.07 Å². The van der Waals surface area contributed by atoms with Gasteiger partial charge in [0.25, 0.3) is 0 Å². The highest BCUT2D eigenvalue weighted by atomic mass is 19.4. The van der Waals surface area contributed by atoms with Gasteiger partial charge in [0.1, 0.15) is 16.9 Å². The predicted octanol–water partition coefficient (Wildman–Crippen LogP) is 6.12. The molecule has 0 radical (unpaired) electrons. The maximum absolute atomic E-state index is 13.1. The van der Waals surface area contributed by atoms with E-state index < -0.39 is 52.4 Å². The summed E-state index contributed by atoms with van der Waals surface area (Å²) >= 11 is 0. The molecular weight excluding hydrogens is 381 g/mol. The average Bonchev–Trinajstić information content (AvgIpc) is 2.46. The Bertz CT molecular complexity index is 771. The molecule has 0 bridgehead atoms. The Labute approximate surface area is 140 Å². The Kier molecular flexibility index (Phi) is 4.77. The zero-order valence-electron chi connectivity index (χ0n) is 12.4. The van der Waals surface area contributed by atoms with Crippen LogP contribution in [0.4, 0.5) is 45.2 Å². The lowest BCUT2D eigenvalue weighted by molar-refractivity contribution is -0.145. The number of alkyl halides is 9. The van der Waals surface area contributed by atoms with Crippen LogP contribution in [0.1, 0.15) is 16.7 Å². The molecule has 142 valence electrons. The summed E-state index contributed by atoms with van der Waals surface area (Å²) in [6.07, 6.45) is -15.4. The lowest BCUT2D eigenvalue weighted by Crippen LogP contribution is -2.15. The monoisotopic (exact) mass is 389 g/mol. The Morgan fingerprint density at radius 3 is 1.62 bits per heavy atom. The number of anilines is 1. The summed E-state index contributed by atoms with van der Waals surface area (Å²) in [4.78, 5) is 0. The summed E-state index contributed by atoms with van der Waals surface area (Å²) in [7, 11) is 0. The third kappa shape index (κ3) is 4.33. The molecule has 0 amide bonds.